The quantitative estimate of drug-likeness (QED) is 0.678. The number of anilines is 3. The molecule has 0 aromatic heterocycles. The van der Waals surface area contributed by atoms with Gasteiger partial charge in [0.2, 0.25) is 11.8 Å². The average molecular weight is 394 g/mol. The summed E-state index contributed by atoms with van der Waals surface area (Å²) in [6.45, 7) is 8.60. The van der Waals surface area contributed by atoms with Gasteiger partial charge in [-0.1, -0.05) is 39.0 Å². The zero-order valence-electron chi connectivity index (χ0n) is 17.6. The molecule has 2 N–H and O–H groups in total. The van der Waals surface area contributed by atoms with Crippen molar-refractivity contribution in [1.82, 2.24) is 0 Å². The number of nitrogens with zero attached hydrogens (tertiary/aromatic N) is 1. The number of hydrogen-bond acceptors (Lipinski definition) is 3. The summed E-state index contributed by atoms with van der Waals surface area (Å²) in [6.07, 6.45) is 2.22. The fourth-order valence-electron chi connectivity index (χ4n) is 3.68. The molecule has 1 fully saturated rings. The fourth-order valence-corrected chi connectivity index (χ4v) is 3.68. The first kappa shape index (κ1) is 20.9. The van der Waals surface area contributed by atoms with Gasteiger partial charge in [0.25, 0.3) is 0 Å². The van der Waals surface area contributed by atoms with E-state index in [1.54, 1.807) is 0 Å². The van der Waals surface area contributed by atoms with Crippen LogP contribution in [0.25, 0.3) is 0 Å². The van der Waals surface area contributed by atoms with Gasteiger partial charge < -0.3 is 15.5 Å². The van der Waals surface area contributed by atoms with E-state index >= 15 is 0 Å². The van der Waals surface area contributed by atoms with Crippen molar-refractivity contribution >= 4 is 28.9 Å². The third kappa shape index (κ3) is 5.83. The van der Waals surface area contributed by atoms with Crippen LogP contribution in [0.15, 0.2) is 48.5 Å². The molecule has 3 rings (SSSR count). The Balaban J connectivity index is 1.52. The topological polar surface area (TPSA) is 61.4 Å². The Labute approximate surface area is 173 Å². The van der Waals surface area contributed by atoms with Crippen molar-refractivity contribution in [3.63, 3.8) is 0 Å². The second kappa shape index (κ2) is 9.59. The summed E-state index contributed by atoms with van der Waals surface area (Å²) >= 11 is 0. The van der Waals surface area contributed by atoms with Gasteiger partial charge in [-0.3, -0.25) is 9.59 Å². The van der Waals surface area contributed by atoms with Gasteiger partial charge in [0.15, 0.2) is 0 Å². The van der Waals surface area contributed by atoms with Gasteiger partial charge >= 0.3 is 0 Å². The van der Waals surface area contributed by atoms with E-state index in [4.69, 9.17) is 0 Å². The minimum Gasteiger partial charge on any atom is -0.372 e. The van der Waals surface area contributed by atoms with Crippen molar-refractivity contribution in [3.05, 3.63) is 54.1 Å². The molecule has 1 aliphatic rings. The van der Waals surface area contributed by atoms with Crippen molar-refractivity contribution in [2.45, 2.75) is 46.0 Å². The largest absolute Gasteiger partial charge is 0.372 e. The maximum Gasteiger partial charge on any atom is 0.233 e. The monoisotopic (exact) mass is 393 g/mol. The number of carbonyl (C=O) groups is 2. The molecule has 2 amide bonds. The molecule has 0 saturated carbocycles. The normalized spacial score (nSPS) is 14.7. The van der Waals surface area contributed by atoms with E-state index < -0.39 is 0 Å². The Bertz CT molecular complexity index is 837. The molecule has 29 heavy (non-hydrogen) atoms. The van der Waals surface area contributed by atoms with Crippen LogP contribution in [-0.2, 0) is 9.59 Å². The summed E-state index contributed by atoms with van der Waals surface area (Å²) in [5, 5.41) is 5.67. The minimum atomic E-state index is -0.316. The zero-order valence-corrected chi connectivity index (χ0v) is 17.6. The van der Waals surface area contributed by atoms with Crippen LogP contribution in [0.1, 0.15) is 51.5 Å². The van der Waals surface area contributed by atoms with Crippen molar-refractivity contribution in [1.29, 1.82) is 0 Å². The van der Waals surface area contributed by atoms with Gasteiger partial charge in [0.1, 0.15) is 6.42 Å². The van der Waals surface area contributed by atoms with E-state index in [0.717, 1.165) is 30.3 Å². The highest BCUT2D eigenvalue weighted by Crippen LogP contribution is 2.25. The maximum atomic E-state index is 12.3. The Morgan fingerprint density at radius 2 is 1.59 bits per heavy atom. The van der Waals surface area contributed by atoms with Gasteiger partial charge in [-0.05, 0) is 60.6 Å². The van der Waals surface area contributed by atoms with E-state index in [2.05, 4.69) is 36.3 Å². The molecule has 2 aromatic carbocycles. The number of rotatable bonds is 6. The van der Waals surface area contributed by atoms with Crippen LogP contribution in [0.4, 0.5) is 17.1 Å². The van der Waals surface area contributed by atoms with E-state index in [9.17, 15) is 9.59 Å². The van der Waals surface area contributed by atoms with Gasteiger partial charge in [0, 0.05) is 30.2 Å². The van der Waals surface area contributed by atoms with E-state index in [0.29, 0.717) is 11.6 Å². The molecule has 0 bridgehead atoms. The Morgan fingerprint density at radius 1 is 0.966 bits per heavy atom. The number of hydrogen-bond donors (Lipinski definition) is 2. The molecular formula is C24H31N3O2. The molecule has 154 valence electrons. The van der Waals surface area contributed by atoms with Gasteiger partial charge in [0.05, 0.1) is 0 Å². The molecule has 1 heterocycles. The predicted octanol–water partition coefficient (Wildman–Crippen LogP) is 5.01. The third-order valence-corrected chi connectivity index (χ3v) is 5.48. The summed E-state index contributed by atoms with van der Waals surface area (Å²) in [6, 6.07) is 15.6. The molecule has 2 aromatic rings. The van der Waals surface area contributed by atoms with Crippen LogP contribution in [-0.4, -0.2) is 24.9 Å². The van der Waals surface area contributed by atoms with Crippen LogP contribution in [0, 0.1) is 5.92 Å². The molecule has 1 saturated heterocycles. The van der Waals surface area contributed by atoms with Crippen molar-refractivity contribution in [3.8, 4) is 0 Å². The second-order valence-electron chi connectivity index (χ2n) is 8.23. The number of nitrogens with one attached hydrogen (secondary N) is 2. The number of carbonyl (C=O) groups excluding carboxylic acids is 2. The summed E-state index contributed by atoms with van der Waals surface area (Å²) in [7, 11) is 0. The van der Waals surface area contributed by atoms with Crippen LogP contribution in [0.5, 0.6) is 0 Å². The van der Waals surface area contributed by atoms with E-state index in [1.807, 2.05) is 48.5 Å². The molecule has 1 aliphatic heterocycles. The van der Waals surface area contributed by atoms with Gasteiger partial charge in [-0.2, -0.15) is 0 Å². The molecular weight excluding hydrogens is 362 g/mol. The lowest BCUT2D eigenvalue weighted by Crippen LogP contribution is -2.32. The fraction of sp³-hybridized carbons (Fsp3) is 0.417. The number of benzene rings is 2. The Hall–Kier alpha value is -2.82. The zero-order chi connectivity index (χ0) is 20.8. The Morgan fingerprint density at radius 3 is 2.24 bits per heavy atom. The molecule has 0 radical (unpaired) electrons. The first-order valence-corrected chi connectivity index (χ1v) is 10.5. The standard InChI is InChI=1S/C24H31N3O2/c1-17(2)21-6-4-5-7-22(21)26-24(29)16-23(28)25-19-8-10-20(11-9-19)27-14-12-18(3)13-15-27/h4-11,17-18H,12-16H2,1-3H3,(H,25,28)(H,26,29). The number of amides is 2. The molecule has 0 spiro atoms. The lowest BCUT2D eigenvalue weighted by atomic mass is 9.99. The van der Waals surface area contributed by atoms with Crippen LogP contribution < -0.4 is 15.5 Å². The smallest absolute Gasteiger partial charge is 0.233 e. The van der Waals surface area contributed by atoms with Crippen LogP contribution >= 0.6 is 0 Å². The Kier molecular flexibility index (Phi) is 6.91. The first-order chi connectivity index (χ1) is 13.9. The molecule has 5 heteroatoms. The molecule has 0 aliphatic carbocycles. The minimum absolute atomic E-state index is 0.210. The summed E-state index contributed by atoms with van der Waals surface area (Å²) in [5.41, 5.74) is 3.71. The highest BCUT2D eigenvalue weighted by molar-refractivity contribution is 6.08. The maximum absolute atomic E-state index is 12.3. The third-order valence-electron chi connectivity index (χ3n) is 5.48. The average Bonchev–Trinajstić information content (AvgIpc) is 2.69. The molecule has 0 unspecified atom stereocenters. The molecule has 5 nitrogen and oxygen atoms in total. The van der Waals surface area contributed by atoms with Crippen LogP contribution in [0.3, 0.4) is 0 Å². The second-order valence-corrected chi connectivity index (χ2v) is 8.23. The first-order valence-electron chi connectivity index (χ1n) is 10.5. The summed E-state index contributed by atoms with van der Waals surface area (Å²) in [5.74, 6) is 0.462. The highest BCUT2D eigenvalue weighted by atomic mass is 16.2. The SMILES string of the molecule is CC1CCN(c2ccc(NC(=O)CC(=O)Nc3ccccc3C(C)C)cc2)CC1. The van der Waals surface area contributed by atoms with Crippen molar-refractivity contribution in [2.24, 2.45) is 5.92 Å². The molecule has 0 atom stereocenters. The predicted molar refractivity (Wildman–Crippen MR) is 119 cm³/mol. The number of para-hydroxylation sites is 1. The summed E-state index contributed by atoms with van der Waals surface area (Å²) < 4.78 is 0. The number of piperidine rings is 1. The van der Waals surface area contributed by atoms with Crippen LogP contribution in [0.2, 0.25) is 0 Å². The summed E-state index contributed by atoms with van der Waals surface area (Å²) in [4.78, 5) is 26.9. The highest BCUT2D eigenvalue weighted by Gasteiger charge is 2.16. The van der Waals surface area contributed by atoms with E-state index in [-0.39, 0.29) is 18.2 Å². The van der Waals surface area contributed by atoms with E-state index in [1.165, 1.54) is 18.5 Å². The lowest BCUT2D eigenvalue weighted by Gasteiger charge is -2.32. The lowest BCUT2D eigenvalue weighted by molar-refractivity contribution is -0.123. The van der Waals surface area contributed by atoms with Crippen molar-refractivity contribution < 1.29 is 9.59 Å². The van der Waals surface area contributed by atoms with Crippen molar-refractivity contribution in [2.75, 3.05) is 28.6 Å². The van der Waals surface area contributed by atoms with Gasteiger partial charge in [-0.25, -0.2) is 0 Å². The van der Waals surface area contributed by atoms with Gasteiger partial charge in [-0.15, -0.1) is 0 Å².